The molecule has 1 aromatic heterocycles. The van der Waals surface area contributed by atoms with Crippen LogP contribution in [0, 0.1) is 21.4 Å². The molecule has 3 rings (SSSR count). The average molecular weight is 448 g/mol. The summed E-state index contributed by atoms with van der Waals surface area (Å²) < 4.78 is 40.5. The molecule has 11 heteroatoms. The number of nitrogens with one attached hydrogen (secondary N) is 1. The minimum atomic E-state index is -4.79. The van der Waals surface area contributed by atoms with Crippen molar-refractivity contribution in [1.82, 2.24) is 4.57 Å². The summed E-state index contributed by atoms with van der Waals surface area (Å²) in [6.07, 6.45) is -4.91. The van der Waals surface area contributed by atoms with Crippen molar-refractivity contribution in [2.24, 2.45) is 0 Å². The largest absolute Gasteiger partial charge is 0.417 e. The lowest BCUT2D eigenvalue weighted by Crippen LogP contribution is -2.31. The first-order valence-corrected chi connectivity index (χ1v) is 9.43. The van der Waals surface area contributed by atoms with Crippen LogP contribution in [-0.4, -0.2) is 26.6 Å². The Morgan fingerprint density at radius 1 is 1.25 bits per heavy atom. The maximum atomic E-state index is 13.0. The molecule has 0 saturated heterocycles. The number of benzene rings is 2. The van der Waals surface area contributed by atoms with E-state index in [1.807, 2.05) is 13.8 Å². The summed E-state index contributed by atoms with van der Waals surface area (Å²) >= 11 is 0. The number of non-ortho nitro benzene ring substituents is 1. The smallest absolute Gasteiger partial charge is 0.381 e. The quantitative estimate of drug-likeness (QED) is 0.441. The van der Waals surface area contributed by atoms with Gasteiger partial charge in [-0.05, 0) is 30.3 Å². The molecule has 0 saturated carbocycles. The SMILES string of the molecule is CC.N#Cc1ccc(NC(=O)[C@@H](O)Cn2ccc3ccc([N+](=O)[O-])cc32)cc1C(F)(F)F. The lowest BCUT2D eigenvalue weighted by atomic mass is 10.1. The highest BCUT2D eigenvalue weighted by Crippen LogP contribution is 2.33. The van der Waals surface area contributed by atoms with Crippen molar-refractivity contribution in [2.45, 2.75) is 32.7 Å². The molecular weight excluding hydrogens is 429 g/mol. The Labute approximate surface area is 180 Å². The number of nitro groups is 1. The summed E-state index contributed by atoms with van der Waals surface area (Å²) in [5, 5.41) is 32.7. The predicted molar refractivity (Wildman–Crippen MR) is 111 cm³/mol. The van der Waals surface area contributed by atoms with Gasteiger partial charge in [-0.15, -0.1) is 0 Å². The van der Waals surface area contributed by atoms with Crippen LogP contribution in [0.2, 0.25) is 0 Å². The third-order valence-corrected chi connectivity index (χ3v) is 4.35. The number of nitro benzene ring substituents is 1. The normalized spacial score (nSPS) is 11.8. The highest BCUT2D eigenvalue weighted by atomic mass is 19.4. The summed E-state index contributed by atoms with van der Waals surface area (Å²) in [5.74, 6) is -0.972. The molecule has 2 aromatic carbocycles. The minimum Gasteiger partial charge on any atom is -0.381 e. The number of carbonyl (C=O) groups excluding carboxylic acids is 1. The van der Waals surface area contributed by atoms with Crippen LogP contribution in [-0.2, 0) is 17.5 Å². The fraction of sp³-hybridized carbons (Fsp3) is 0.238. The van der Waals surface area contributed by atoms with E-state index < -0.39 is 34.2 Å². The molecule has 32 heavy (non-hydrogen) atoms. The zero-order chi connectivity index (χ0) is 24.1. The van der Waals surface area contributed by atoms with E-state index in [-0.39, 0.29) is 17.9 Å². The first-order chi connectivity index (χ1) is 15.1. The van der Waals surface area contributed by atoms with Crippen molar-refractivity contribution in [1.29, 1.82) is 5.26 Å². The molecule has 0 aliphatic rings. The lowest BCUT2D eigenvalue weighted by molar-refractivity contribution is -0.384. The van der Waals surface area contributed by atoms with Gasteiger partial charge in [-0.2, -0.15) is 18.4 Å². The van der Waals surface area contributed by atoms with Crippen LogP contribution in [0.5, 0.6) is 0 Å². The molecule has 168 valence electrons. The second-order valence-corrected chi connectivity index (χ2v) is 6.34. The average Bonchev–Trinajstić information content (AvgIpc) is 3.16. The lowest BCUT2D eigenvalue weighted by Gasteiger charge is -2.15. The summed E-state index contributed by atoms with van der Waals surface area (Å²) in [4.78, 5) is 22.6. The Balaban J connectivity index is 0.00000176. The topological polar surface area (TPSA) is 121 Å². The van der Waals surface area contributed by atoms with Gasteiger partial charge in [0, 0.05) is 29.4 Å². The molecule has 0 aliphatic heterocycles. The summed E-state index contributed by atoms with van der Waals surface area (Å²) in [6.45, 7) is 3.72. The van der Waals surface area contributed by atoms with Gasteiger partial charge < -0.3 is 15.0 Å². The number of aliphatic hydroxyl groups excluding tert-OH is 1. The second kappa shape index (κ2) is 9.93. The number of aliphatic hydroxyl groups is 1. The van der Waals surface area contributed by atoms with Crippen LogP contribution in [0.15, 0.2) is 48.7 Å². The molecule has 8 nitrogen and oxygen atoms in total. The number of carbonyl (C=O) groups is 1. The molecule has 0 unspecified atom stereocenters. The van der Waals surface area contributed by atoms with Gasteiger partial charge in [-0.25, -0.2) is 0 Å². The van der Waals surface area contributed by atoms with Gasteiger partial charge in [0.15, 0.2) is 6.10 Å². The minimum absolute atomic E-state index is 0.168. The number of aromatic nitrogens is 1. The highest BCUT2D eigenvalue weighted by Gasteiger charge is 2.34. The number of rotatable bonds is 5. The van der Waals surface area contributed by atoms with Gasteiger partial charge in [0.05, 0.1) is 34.2 Å². The van der Waals surface area contributed by atoms with Gasteiger partial charge in [-0.3, -0.25) is 14.9 Å². The van der Waals surface area contributed by atoms with E-state index in [1.54, 1.807) is 6.07 Å². The Morgan fingerprint density at radius 2 is 1.94 bits per heavy atom. The first-order valence-electron chi connectivity index (χ1n) is 9.43. The Bertz CT molecular complexity index is 1180. The molecule has 0 bridgehead atoms. The fourth-order valence-electron chi connectivity index (χ4n) is 2.89. The van der Waals surface area contributed by atoms with Gasteiger partial charge in [-0.1, -0.05) is 13.8 Å². The number of halogens is 3. The molecular formula is C21H19F3N4O4. The third-order valence-electron chi connectivity index (χ3n) is 4.35. The van der Waals surface area contributed by atoms with E-state index in [2.05, 4.69) is 5.32 Å². The van der Waals surface area contributed by atoms with Crippen molar-refractivity contribution >= 4 is 28.2 Å². The van der Waals surface area contributed by atoms with Crippen LogP contribution in [0.25, 0.3) is 10.9 Å². The molecule has 0 fully saturated rings. The van der Waals surface area contributed by atoms with E-state index in [4.69, 9.17) is 5.26 Å². The van der Waals surface area contributed by atoms with Crippen LogP contribution < -0.4 is 5.32 Å². The molecule has 0 spiro atoms. The standard InChI is InChI=1S/C19H13F3N4O4.C2H6/c20-19(21,22)15-7-13(3-1-12(15)9-23)24-18(28)17(27)10-25-6-5-11-2-4-14(26(29)30)8-16(11)25;1-2/h1-8,17,27H,10H2,(H,24,28);1-2H3/t17-;/m0./s1. The highest BCUT2D eigenvalue weighted by molar-refractivity contribution is 5.94. The number of nitriles is 1. The van der Waals surface area contributed by atoms with E-state index in [9.17, 15) is 33.2 Å². The number of hydrogen-bond donors (Lipinski definition) is 2. The molecule has 1 atom stereocenters. The maximum absolute atomic E-state index is 13.0. The Kier molecular flexibility index (Phi) is 7.56. The molecule has 3 aromatic rings. The first kappa shape index (κ1) is 24.4. The van der Waals surface area contributed by atoms with Crippen molar-refractivity contribution < 1.29 is 28.0 Å². The third kappa shape index (κ3) is 5.41. The van der Waals surface area contributed by atoms with Crippen molar-refractivity contribution in [3.05, 3.63) is 69.9 Å². The van der Waals surface area contributed by atoms with Gasteiger partial charge in [0.25, 0.3) is 11.6 Å². The van der Waals surface area contributed by atoms with Gasteiger partial charge >= 0.3 is 6.18 Å². The van der Waals surface area contributed by atoms with E-state index >= 15 is 0 Å². The number of nitrogens with zero attached hydrogens (tertiary/aromatic N) is 3. The van der Waals surface area contributed by atoms with Crippen LogP contribution in [0.3, 0.4) is 0 Å². The van der Waals surface area contributed by atoms with Gasteiger partial charge in [0.1, 0.15) is 0 Å². The Morgan fingerprint density at radius 3 is 2.53 bits per heavy atom. The van der Waals surface area contributed by atoms with Crippen LogP contribution in [0.1, 0.15) is 25.0 Å². The monoisotopic (exact) mass is 448 g/mol. The number of hydrogen-bond acceptors (Lipinski definition) is 5. The number of anilines is 1. The van der Waals surface area contributed by atoms with E-state index in [1.165, 1.54) is 35.0 Å². The van der Waals surface area contributed by atoms with Crippen molar-refractivity contribution in [3.63, 3.8) is 0 Å². The summed E-state index contributed by atoms with van der Waals surface area (Å²) in [5.41, 5.74) is -1.80. The zero-order valence-corrected chi connectivity index (χ0v) is 17.1. The van der Waals surface area contributed by atoms with E-state index in [0.29, 0.717) is 17.0 Å². The maximum Gasteiger partial charge on any atom is 0.417 e. The molecule has 2 N–H and O–H groups in total. The van der Waals surface area contributed by atoms with Crippen LogP contribution >= 0.6 is 0 Å². The predicted octanol–water partition coefficient (Wildman–Crippen LogP) is 4.47. The van der Waals surface area contributed by atoms with Gasteiger partial charge in [0.2, 0.25) is 0 Å². The number of fused-ring (bicyclic) bond motifs is 1. The van der Waals surface area contributed by atoms with Crippen molar-refractivity contribution in [3.8, 4) is 6.07 Å². The number of amides is 1. The molecule has 0 radical (unpaired) electrons. The van der Waals surface area contributed by atoms with E-state index in [0.717, 1.165) is 12.1 Å². The molecule has 0 aliphatic carbocycles. The zero-order valence-electron chi connectivity index (χ0n) is 17.1. The summed E-state index contributed by atoms with van der Waals surface area (Å²) in [7, 11) is 0. The Hall–Kier alpha value is -3.91. The molecule has 1 amide bonds. The second-order valence-electron chi connectivity index (χ2n) is 6.34. The summed E-state index contributed by atoms with van der Waals surface area (Å²) in [6, 6.07) is 9.84. The van der Waals surface area contributed by atoms with Crippen LogP contribution in [0.4, 0.5) is 24.5 Å². The fourth-order valence-corrected chi connectivity index (χ4v) is 2.89. The number of alkyl halides is 3. The molecule has 1 heterocycles. The van der Waals surface area contributed by atoms with Crippen molar-refractivity contribution in [2.75, 3.05) is 5.32 Å².